The van der Waals surface area contributed by atoms with Crippen LogP contribution in [-0.2, 0) is 9.59 Å². The molecule has 5 heteroatoms. The molecule has 2 aliphatic rings. The van der Waals surface area contributed by atoms with E-state index in [4.69, 9.17) is 0 Å². The highest BCUT2D eigenvalue weighted by molar-refractivity contribution is 5.81. The van der Waals surface area contributed by atoms with Gasteiger partial charge in [0, 0.05) is 25.0 Å². The fourth-order valence-electron chi connectivity index (χ4n) is 3.74. The van der Waals surface area contributed by atoms with Gasteiger partial charge >= 0.3 is 0 Å². The second-order valence-corrected chi connectivity index (χ2v) is 8.77. The Morgan fingerprint density at radius 1 is 1.17 bits per heavy atom. The van der Waals surface area contributed by atoms with Gasteiger partial charge in [0.15, 0.2) is 0 Å². The first-order chi connectivity index (χ1) is 11.2. The normalized spacial score (nSPS) is 24.5. The zero-order valence-electron chi connectivity index (χ0n) is 15.6. The fraction of sp³-hybridized carbons (Fsp3) is 0.895. The molecular weight excluding hydrogens is 304 g/mol. The van der Waals surface area contributed by atoms with E-state index in [0.29, 0.717) is 19.0 Å². The first-order valence-corrected chi connectivity index (χ1v) is 9.48. The van der Waals surface area contributed by atoms with E-state index in [1.807, 2.05) is 25.7 Å². The SMILES string of the molecule is CC(C)(C)C(=O)NCC1CCCN(C(=O)CC2(O)CCCCC2)C1. The van der Waals surface area contributed by atoms with Crippen LogP contribution >= 0.6 is 0 Å². The molecule has 2 amide bonds. The standard InChI is InChI=1S/C19H34N2O3/c1-18(2,3)17(23)20-13-15-8-7-11-21(14-15)16(22)12-19(24)9-5-4-6-10-19/h15,24H,4-14H2,1-3H3,(H,20,23). The largest absolute Gasteiger partial charge is 0.389 e. The molecule has 1 aliphatic heterocycles. The van der Waals surface area contributed by atoms with E-state index in [1.54, 1.807) is 0 Å². The van der Waals surface area contributed by atoms with Crippen LogP contribution in [-0.4, -0.2) is 47.1 Å². The van der Waals surface area contributed by atoms with Gasteiger partial charge in [-0.05, 0) is 31.6 Å². The first kappa shape index (κ1) is 19.2. The summed E-state index contributed by atoms with van der Waals surface area (Å²) in [6, 6.07) is 0. The average molecular weight is 338 g/mol. The molecule has 1 saturated carbocycles. The first-order valence-electron chi connectivity index (χ1n) is 9.48. The molecule has 2 fully saturated rings. The lowest BCUT2D eigenvalue weighted by Gasteiger charge is -2.37. The molecule has 0 aromatic rings. The van der Waals surface area contributed by atoms with Crippen molar-refractivity contribution in [1.82, 2.24) is 10.2 Å². The Balaban J connectivity index is 1.81. The zero-order valence-corrected chi connectivity index (χ0v) is 15.6. The summed E-state index contributed by atoms with van der Waals surface area (Å²) >= 11 is 0. The summed E-state index contributed by atoms with van der Waals surface area (Å²) in [6.07, 6.45) is 6.97. The molecule has 2 rings (SSSR count). The Labute approximate surface area is 146 Å². The van der Waals surface area contributed by atoms with Crippen molar-refractivity contribution in [1.29, 1.82) is 0 Å². The summed E-state index contributed by atoms with van der Waals surface area (Å²) in [6.45, 7) is 7.82. The molecule has 0 aromatic heterocycles. The van der Waals surface area contributed by atoms with Crippen LogP contribution < -0.4 is 5.32 Å². The van der Waals surface area contributed by atoms with E-state index in [2.05, 4.69) is 5.32 Å². The highest BCUT2D eigenvalue weighted by Gasteiger charge is 2.34. The topological polar surface area (TPSA) is 69.6 Å². The predicted molar refractivity (Wildman–Crippen MR) is 94.4 cm³/mol. The van der Waals surface area contributed by atoms with E-state index in [9.17, 15) is 14.7 Å². The molecule has 0 radical (unpaired) electrons. The van der Waals surface area contributed by atoms with Crippen molar-refractivity contribution in [3.63, 3.8) is 0 Å². The minimum atomic E-state index is -0.789. The van der Waals surface area contributed by atoms with E-state index < -0.39 is 5.60 Å². The van der Waals surface area contributed by atoms with E-state index in [-0.39, 0.29) is 23.7 Å². The van der Waals surface area contributed by atoms with Crippen LogP contribution in [0.15, 0.2) is 0 Å². The number of likely N-dealkylation sites (tertiary alicyclic amines) is 1. The van der Waals surface area contributed by atoms with Gasteiger partial charge in [0.1, 0.15) is 0 Å². The molecule has 1 aliphatic carbocycles. The average Bonchev–Trinajstić information content (AvgIpc) is 2.52. The molecule has 5 nitrogen and oxygen atoms in total. The van der Waals surface area contributed by atoms with Gasteiger partial charge in [-0.1, -0.05) is 40.0 Å². The number of nitrogens with zero attached hydrogens (tertiary/aromatic N) is 1. The molecule has 138 valence electrons. The van der Waals surface area contributed by atoms with Gasteiger partial charge < -0.3 is 15.3 Å². The molecule has 1 unspecified atom stereocenters. The van der Waals surface area contributed by atoms with Crippen LogP contribution in [0, 0.1) is 11.3 Å². The summed E-state index contributed by atoms with van der Waals surface area (Å²) in [5, 5.41) is 13.6. The smallest absolute Gasteiger partial charge is 0.225 e. The number of amides is 2. The van der Waals surface area contributed by atoms with E-state index in [0.717, 1.165) is 51.5 Å². The lowest BCUT2D eigenvalue weighted by atomic mass is 9.82. The molecule has 0 bridgehead atoms. The van der Waals surface area contributed by atoms with Crippen molar-refractivity contribution in [2.45, 2.75) is 77.7 Å². The molecule has 0 spiro atoms. The van der Waals surface area contributed by atoms with Crippen LogP contribution in [0.3, 0.4) is 0 Å². The van der Waals surface area contributed by atoms with Crippen molar-refractivity contribution in [3.8, 4) is 0 Å². The predicted octanol–water partition coefficient (Wildman–Crippen LogP) is 2.47. The van der Waals surface area contributed by atoms with Crippen LogP contribution in [0.5, 0.6) is 0 Å². The molecule has 0 aromatic carbocycles. The fourth-order valence-corrected chi connectivity index (χ4v) is 3.74. The summed E-state index contributed by atoms with van der Waals surface area (Å²) < 4.78 is 0. The van der Waals surface area contributed by atoms with E-state index >= 15 is 0 Å². The van der Waals surface area contributed by atoms with Crippen LogP contribution in [0.25, 0.3) is 0 Å². The Kier molecular flexibility index (Phi) is 6.29. The summed E-state index contributed by atoms with van der Waals surface area (Å²) in [4.78, 5) is 26.5. The number of carbonyl (C=O) groups excluding carboxylic acids is 2. The lowest BCUT2D eigenvalue weighted by Crippen LogP contribution is -2.47. The quantitative estimate of drug-likeness (QED) is 0.827. The maximum atomic E-state index is 12.6. The molecule has 1 saturated heterocycles. The van der Waals surface area contributed by atoms with Crippen molar-refractivity contribution < 1.29 is 14.7 Å². The maximum Gasteiger partial charge on any atom is 0.225 e. The second-order valence-electron chi connectivity index (χ2n) is 8.77. The molecule has 24 heavy (non-hydrogen) atoms. The number of rotatable bonds is 4. The van der Waals surface area contributed by atoms with E-state index in [1.165, 1.54) is 0 Å². The summed E-state index contributed by atoms with van der Waals surface area (Å²) in [5.41, 5.74) is -1.17. The van der Waals surface area contributed by atoms with Gasteiger partial charge in [-0.3, -0.25) is 9.59 Å². The van der Waals surface area contributed by atoms with Crippen LogP contribution in [0.4, 0.5) is 0 Å². The van der Waals surface area contributed by atoms with Crippen molar-refractivity contribution in [2.24, 2.45) is 11.3 Å². The van der Waals surface area contributed by atoms with Gasteiger partial charge in [0.2, 0.25) is 11.8 Å². The molecule has 1 atom stereocenters. The number of piperidine rings is 1. The monoisotopic (exact) mass is 338 g/mol. The number of hydrogen-bond acceptors (Lipinski definition) is 3. The van der Waals surface area contributed by atoms with Crippen molar-refractivity contribution in [2.75, 3.05) is 19.6 Å². The van der Waals surface area contributed by atoms with Crippen molar-refractivity contribution in [3.05, 3.63) is 0 Å². The van der Waals surface area contributed by atoms with Crippen LogP contribution in [0.2, 0.25) is 0 Å². The lowest BCUT2D eigenvalue weighted by molar-refractivity contribution is -0.139. The zero-order chi connectivity index (χ0) is 17.8. The number of carbonyl (C=O) groups is 2. The summed E-state index contributed by atoms with van der Waals surface area (Å²) in [5.74, 6) is 0.448. The van der Waals surface area contributed by atoms with Gasteiger partial charge in [0.05, 0.1) is 12.0 Å². The molecular formula is C19H34N2O3. The molecule has 1 heterocycles. The highest BCUT2D eigenvalue weighted by Crippen LogP contribution is 2.32. The Morgan fingerprint density at radius 3 is 2.46 bits per heavy atom. The Hall–Kier alpha value is -1.10. The third-order valence-electron chi connectivity index (χ3n) is 5.37. The Bertz CT molecular complexity index is 450. The number of aliphatic hydroxyl groups is 1. The minimum absolute atomic E-state index is 0.0578. The van der Waals surface area contributed by atoms with Gasteiger partial charge in [-0.15, -0.1) is 0 Å². The minimum Gasteiger partial charge on any atom is -0.389 e. The second kappa shape index (κ2) is 7.85. The van der Waals surface area contributed by atoms with Crippen molar-refractivity contribution >= 4 is 11.8 Å². The maximum absolute atomic E-state index is 12.6. The third kappa shape index (κ3) is 5.47. The number of nitrogens with one attached hydrogen (secondary N) is 1. The number of hydrogen-bond donors (Lipinski definition) is 2. The van der Waals surface area contributed by atoms with Gasteiger partial charge in [0.25, 0.3) is 0 Å². The third-order valence-corrected chi connectivity index (χ3v) is 5.37. The van der Waals surface area contributed by atoms with Gasteiger partial charge in [-0.2, -0.15) is 0 Å². The summed E-state index contributed by atoms with van der Waals surface area (Å²) in [7, 11) is 0. The van der Waals surface area contributed by atoms with Crippen LogP contribution in [0.1, 0.15) is 72.1 Å². The molecule has 2 N–H and O–H groups in total. The Morgan fingerprint density at radius 2 is 1.83 bits per heavy atom. The van der Waals surface area contributed by atoms with Gasteiger partial charge in [-0.25, -0.2) is 0 Å². The highest BCUT2D eigenvalue weighted by atomic mass is 16.3.